The third-order valence-electron chi connectivity index (χ3n) is 6.46. The minimum atomic E-state index is -0.869. The Labute approximate surface area is 227 Å². The van der Waals surface area contributed by atoms with Crippen molar-refractivity contribution in [1.82, 2.24) is 0 Å². The van der Waals surface area contributed by atoms with Crippen molar-refractivity contribution in [2.24, 2.45) is 0 Å². The van der Waals surface area contributed by atoms with Gasteiger partial charge >= 0.3 is 0 Å². The molecule has 1 atom stereocenters. The summed E-state index contributed by atoms with van der Waals surface area (Å²) in [6.07, 6.45) is 0.833. The topological polar surface area (TPSA) is 76.1 Å². The molecule has 1 N–H and O–H groups in total. The number of ketones is 1. The number of hydrogen-bond donors (Lipinski definition) is 1. The monoisotopic (exact) mass is 519 g/mol. The zero-order valence-corrected chi connectivity index (χ0v) is 21.8. The van der Waals surface area contributed by atoms with Gasteiger partial charge in [0.1, 0.15) is 23.0 Å². The van der Waals surface area contributed by atoms with Crippen LogP contribution in [0.25, 0.3) is 5.76 Å². The molecule has 0 bridgehead atoms. The highest BCUT2D eigenvalue weighted by molar-refractivity contribution is 6.51. The van der Waals surface area contributed by atoms with Crippen LogP contribution in [-0.4, -0.2) is 23.4 Å². The number of anilines is 1. The van der Waals surface area contributed by atoms with E-state index < -0.39 is 17.7 Å². The Morgan fingerprint density at radius 3 is 2.31 bits per heavy atom. The molecule has 1 amide bonds. The molecule has 0 spiro atoms. The Kier molecular flexibility index (Phi) is 7.46. The van der Waals surface area contributed by atoms with Gasteiger partial charge in [-0.15, -0.1) is 0 Å². The summed E-state index contributed by atoms with van der Waals surface area (Å²) in [6.45, 7) is 4.45. The van der Waals surface area contributed by atoms with E-state index in [1.54, 1.807) is 36.4 Å². The second-order valence-corrected chi connectivity index (χ2v) is 9.37. The molecule has 1 fully saturated rings. The molecule has 5 rings (SSSR count). The van der Waals surface area contributed by atoms with Crippen LogP contribution < -0.4 is 14.4 Å². The zero-order chi connectivity index (χ0) is 27.4. The second kappa shape index (κ2) is 11.3. The molecule has 1 aliphatic rings. The Morgan fingerprint density at radius 2 is 1.54 bits per heavy atom. The number of benzene rings is 4. The Bertz CT molecular complexity index is 1540. The summed E-state index contributed by atoms with van der Waals surface area (Å²) < 4.78 is 11.8. The van der Waals surface area contributed by atoms with Gasteiger partial charge in [-0.3, -0.25) is 14.5 Å². The minimum absolute atomic E-state index is 0.00556. The van der Waals surface area contributed by atoms with E-state index in [1.165, 1.54) is 4.90 Å². The number of carbonyl (C=O) groups is 2. The summed E-state index contributed by atoms with van der Waals surface area (Å²) in [5.74, 6) is 0.0522. The predicted molar refractivity (Wildman–Crippen MR) is 151 cm³/mol. The van der Waals surface area contributed by atoms with Crippen LogP contribution in [0, 0.1) is 6.92 Å². The number of rotatable bonds is 8. The number of aryl methyl sites for hydroxylation is 1. The van der Waals surface area contributed by atoms with Crippen LogP contribution in [0.2, 0.25) is 0 Å². The van der Waals surface area contributed by atoms with E-state index >= 15 is 0 Å². The van der Waals surface area contributed by atoms with E-state index in [-0.39, 0.29) is 11.3 Å². The van der Waals surface area contributed by atoms with Crippen LogP contribution in [0.5, 0.6) is 17.2 Å². The molecule has 6 heteroatoms. The van der Waals surface area contributed by atoms with Gasteiger partial charge in [0.05, 0.1) is 18.2 Å². The van der Waals surface area contributed by atoms with Gasteiger partial charge in [0.2, 0.25) is 0 Å². The summed E-state index contributed by atoms with van der Waals surface area (Å²) in [5, 5.41) is 11.5. The maximum atomic E-state index is 13.5. The van der Waals surface area contributed by atoms with Crippen molar-refractivity contribution in [2.75, 3.05) is 11.5 Å². The number of ether oxygens (including phenoxy) is 2. The first-order valence-electron chi connectivity index (χ1n) is 12.9. The van der Waals surface area contributed by atoms with Crippen molar-refractivity contribution < 1.29 is 24.2 Å². The lowest BCUT2D eigenvalue weighted by molar-refractivity contribution is -0.132. The van der Waals surface area contributed by atoms with Gasteiger partial charge in [-0.1, -0.05) is 61.5 Å². The summed E-state index contributed by atoms with van der Waals surface area (Å²) in [4.78, 5) is 28.5. The van der Waals surface area contributed by atoms with Crippen molar-refractivity contribution in [1.29, 1.82) is 0 Å². The Hall–Kier alpha value is -4.84. The molecule has 0 saturated carbocycles. The largest absolute Gasteiger partial charge is 0.507 e. The standard InChI is InChI=1S/C33H29NO5/c1-3-18-38-27-16-9-12-24(21-27)31(35)29-30(34(33(37)32(29)36)25-13-7-10-22(2)19-25)23-11-8-17-28(20-23)39-26-14-5-4-6-15-26/h4-17,19-21,30,35H,3,18H2,1-2H3/b31-29-. The second-order valence-electron chi connectivity index (χ2n) is 9.37. The molecule has 1 heterocycles. The molecular formula is C33H29NO5. The summed E-state index contributed by atoms with van der Waals surface area (Å²) in [6, 6.07) is 30.0. The SMILES string of the molecule is CCCOc1cccc(/C(O)=C2/C(=O)C(=O)N(c3cccc(C)c3)C2c2cccc(Oc3ccccc3)c2)c1. The lowest BCUT2D eigenvalue weighted by atomic mass is 9.95. The highest BCUT2D eigenvalue weighted by atomic mass is 16.5. The van der Waals surface area contributed by atoms with Crippen LogP contribution >= 0.6 is 0 Å². The van der Waals surface area contributed by atoms with Gasteiger partial charge in [0, 0.05) is 11.3 Å². The molecule has 6 nitrogen and oxygen atoms in total. The highest BCUT2D eigenvalue weighted by Gasteiger charge is 2.47. The molecule has 1 saturated heterocycles. The molecule has 4 aromatic rings. The predicted octanol–water partition coefficient (Wildman–Crippen LogP) is 7.20. The first-order valence-corrected chi connectivity index (χ1v) is 12.9. The summed E-state index contributed by atoms with van der Waals surface area (Å²) in [5.41, 5.74) is 2.54. The molecule has 196 valence electrons. The van der Waals surface area contributed by atoms with Gasteiger partial charge < -0.3 is 14.6 Å². The van der Waals surface area contributed by atoms with E-state index in [1.807, 2.05) is 80.6 Å². The fourth-order valence-electron chi connectivity index (χ4n) is 4.67. The van der Waals surface area contributed by atoms with E-state index in [2.05, 4.69) is 0 Å². The number of nitrogens with zero attached hydrogens (tertiary/aromatic N) is 1. The molecule has 1 unspecified atom stereocenters. The van der Waals surface area contributed by atoms with Crippen molar-refractivity contribution in [3.63, 3.8) is 0 Å². The Balaban J connectivity index is 1.65. The van der Waals surface area contributed by atoms with E-state index in [4.69, 9.17) is 9.47 Å². The van der Waals surface area contributed by atoms with Gasteiger partial charge in [0.25, 0.3) is 11.7 Å². The van der Waals surface area contributed by atoms with E-state index in [9.17, 15) is 14.7 Å². The zero-order valence-electron chi connectivity index (χ0n) is 21.8. The summed E-state index contributed by atoms with van der Waals surface area (Å²) in [7, 11) is 0. The molecule has 39 heavy (non-hydrogen) atoms. The molecule has 0 aromatic heterocycles. The third-order valence-corrected chi connectivity index (χ3v) is 6.46. The maximum Gasteiger partial charge on any atom is 0.300 e. The van der Waals surface area contributed by atoms with Crippen LogP contribution in [0.3, 0.4) is 0 Å². The van der Waals surface area contributed by atoms with Crippen molar-refractivity contribution in [3.05, 3.63) is 125 Å². The maximum absolute atomic E-state index is 13.5. The van der Waals surface area contributed by atoms with Gasteiger partial charge in [-0.05, 0) is 73.0 Å². The lowest BCUT2D eigenvalue weighted by Crippen LogP contribution is -2.29. The number of hydrogen-bond acceptors (Lipinski definition) is 5. The van der Waals surface area contributed by atoms with Gasteiger partial charge in [0.15, 0.2) is 0 Å². The smallest absolute Gasteiger partial charge is 0.300 e. The molecule has 0 radical (unpaired) electrons. The van der Waals surface area contributed by atoms with Crippen LogP contribution in [0.15, 0.2) is 109 Å². The number of Topliss-reactive ketones (excluding diaryl/α,β-unsaturated/α-hetero) is 1. The average Bonchev–Trinajstić information content (AvgIpc) is 3.22. The van der Waals surface area contributed by atoms with Crippen molar-refractivity contribution in [3.8, 4) is 17.2 Å². The highest BCUT2D eigenvalue weighted by Crippen LogP contribution is 2.43. The normalized spacial score (nSPS) is 16.4. The van der Waals surface area contributed by atoms with Crippen LogP contribution in [0.1, 0.15) is 36.1 Å². The van der Waals surface area contributed by atoms with E-state index in [0.717, 1.165) is 12.0 Å². The number of aliphatic hydroxyl groups is 1. The first-order chi connectivity index (χ1) is 19.0. The number of aliphatic hydroxyl groups excluding tert-OH is 1. The number of amides is 1. The quantitative estimate of drug-likeness (QED) is 0.151. The van der Waals surface area contributed by atoms with Crippen molar-refractivity contribution in [2.45, 2.75) is 26.3 Å². The fourth-order valence-corrected chi connectivity index (χ4v) is 4.67. The van der Waals surface area contributed by atoms with Gasteiger partial charge in [-0.25, -0.2) is 0 Å². The third kappa shape index (κ3) is 5.41. The Morgan fingerprint density at radius 1 is 0.821 bits per heavy atom. The molecule has 0 aliphatic carbocycles. The first kappa shape index (κ1) is 25.8. The number of para-hydroxylation sites is 1. The number of carbonyl (C=O) groups excluding carboxylic acids is 2. The lowest BCUT2D eigenvalue weighted by Gasteiger charge is -2.26. The minimum Gasteiger partial charge on any atom is -0.507 e. The average molecular weight is 520 g/mol. The van der Waals surface area contributed by atoms with Crippen LogP contribution in [0.4, 0.5) is 5.69 Å². The fraction of sp³-hybridized carbons (Fsp3) is 0.152. The van der Waals surface area contributed by atoms with E-state index in [0.29, 0.717) is 40.7 Å². The molecule has 4 aromatic carbocycles. The molecule has 1 aliphatic heterocycles. The van der Waals surface area contributed by atoms with Crippen LogP contribution in [-0.2, 0) is 9.59 Å². The summed E-state index contributed by atoms with van der Waals surface area (Å²) >= 11 is 0. The van der Waals surface area contributed by atoms with Gasteiger partial charge in [-0.2, -0.15) is 0 Å². The van der Waals surface area contributed by atoms with Crippen molar-refractivity contribution >= 4 is 23.1 Å². The molecular weight excluding hydrogens is 490 g/mol.